The monoisotopic (exact) mass is 199 g/mol. The van der Waals surface area contributed by atoms with E-state index in [1.807, 2.05) is 0 Å². The van der Waals surface area contributed by atoms with Gasteiger partial charge in [-0.05, 0) is 24.7 Å². The topological polar surface area (TPSA) is 21.3 Å². The highest BCUT2D eigenvalue weighted by Crippen LogP contribution is 2.26. The van der Waals surface area contributed by atoms with Crippen molar-refractivity contribution in [2.45, 2.75) is 58.9 Å². The van der Waals surface area contributed by atoms with Gasteiger partial charge < -0.3 is 4.84 Å². The van der Waals surface area contributed by atoms with Crippen LogP contribution in [0.1, 0.15) is 52.9 Å². The molecule has 1 aliphatic carbocycles. The van der Waals surface area contributed by atoms with Crippen molar-refractivity contribution >= 4 is 0 Å². The van der Waals surface area contributed by atoms with Gasteiger partial charge in [-0.1, -0.05) is 40.0 Å². The van der Waals surface area contributed by atoms with E-state index < -0.39 is 0 Å². The van der Waals surface area contributed by atoms with Crippen LogP contribution in [0.4, 0.5) is 0 Å². The molecule has 2 nitrogen and oxygen atoms in total. The van der Waals surface area contributed by atoms with Crippen LogP contribution in [0.2, 0.25) is 0 Å². The maximum Gasteiger partial charge on any atom is 0.0705 e. The van der Waals surface area contributed by atoms with Crippen LogP contribution in [-0.4, -0.2) is 12.6 Å². The zero-order valence-corrected chi connectivity index (χ0v) is 9.88. The molecule has 1 saturated carbocycles. The summed E-state index contributed by atoms with van der Waals surface area (Å²) in [6.07, 6.45) is 6.71. The summed E-state index contributed by atoms with van der Waals surface area (Å²) >= 11 is 0. The Kier molecular flexibility index (Phi) is 5.49. The van der Waals surface area contributed by atoms with E-state index in [9.17, 15) is 0 Å². The molecule has 2 heteroatoms. The summed E-state index contributed by atoms with van der Waals surface area (Å²) in [5, 5.41) is 0. The van der Waals surface area contributed by atoms with Gasteiger partial charge in [0.2, 0.25) is 0 Å². The van der Waals surface area contributed by atoms with Crippen LogP contribution in [0, 0.1) is 11.8 Å². The van der Waals surface area contributed by atoms with Gasteiger partial charge in [0, 0.05) is 6.04 Å². The predicted molar refractivity (Wildman–Crippen MR) is 60.0 cm³/mol. The predicted octanol–water partition coefficient (Wildman–Crippen LogP) is 3.13. The standard InChI is InChI=1S/C12H25NO/c1-4-11-7-5-6-8-12(11)13-14-9-10(2)3/h10-13H,4-9H2,1-3H3. The molecule has 0 saturated heterocycles. The second-order valence-corrected chi connectivity index (χ2v) is 4.88. The molecule has 2 unspecified atom stereocenters. The number of hydrogen-bond acceptors (Lipinski definition) is 2. The van der Waals surface area contributed by atoms with Crippen molar-refractivity contribution in [3.05, 3.63) is 0 Å². The minimum absolute atomic E-state index is 0.604. The molecule has 1 fully saturated rings. The smallest absolute Gasteiger partial charge is 0.0705 e. The Balaban J connectivity index is 2.19. The van der Waals surface area contributed by atoms with Gasteiger partial charge in [-0.3, -0.25) is 0 Å². The molecule has 2 atom stereocenters. The van der Waals surface area contributed by atoms with E-state index in [0.29, 0.717) is 12.0 Å². The molecule has 84 valence electrons. The van der Waals surface area contributed by atoms with Crippen molar-refractivity contribution in [1.29, 1.82) is 0 Å². The Hall–Kier alpha value is -0.0800. The summed E-state index contributed by atoms with van der Waals surface area (Å²) in [6, 6.07) is 0.604. The largest absolute Gasteiger partial charge is 0.301 e. The molecule has 1 N–H and O–H groups in total. The molecule has 0 amide bonds. The summed E-state index contributed by atoms with van der Waals surface area (Å²) in [5.74, 6) is 1.45. The minimum atomic E-state index is 0.604. The third-order valence-corrected chi connectivity index (χ3v) is 3.08. The van der Waals surface area contributed by atoms with Gasteiger partial charge in [0.25, 0.3) is 0 Å². The SMILES string of the molecule is CCC1CCCCC1NOCC(C)C. The molecular formula is C12H25NO. The summed E-state index contributed by atoms with van der Waals surface area (Å²) in [4.78, 5) is 5.52. The number of rotatable bonds is 5. The van der Waals surface area contributed by atoms with Gasteiger partial charge >= 0.3 is 0 Å². The highest BCUT2D eigenvalue weighted by molar-refractivity contribution is 4.77. The van der Waals surface area contributed by atoms with E-state index >= 15 is 0 Å². The third kappa shape index (κ3) is 3.97. The fourth-order valence-electron chi connectivity index (χ4n) is 2.17. The highest BCUT2D eigenvalue weighted by atomic mass is 16.6. The quantitative estimate of drug-likeness (QED) is 0.687. The van der Waals surface area contributed by atoms with E-state index in [-0.39, 0.29) is 0 Å². The molecule has 0 radical (unpaired) electrons. The second-order valence-electron chi connectivity index (χ2n) is 4.88. The van der Waals surface area contributed by atoms with E-state index in [2.05, 4.69) is 26.3 Å². The van der Waals surface area contributed by atoms with Crippen LogP contribution >= 0.6 is 0 Å². The molecule has 0 heterocycles. The van der Waals surface area contributed by atoms with Gasteiger partial charge in [-0.15, -0.1) is 0 Å². The Morgan fingerprint density at radius 2 is 2.00 bits per heavy atom. The van der Waals surface area contributed by atoms with E-state index in [4.69, 9.17) is 4.84 Å². The lowest BCUT2D eigenvalue weighted by atomic mass is 9.83. The van der Waals surface area contributed by atoms with E-state index in [0.717, 1.165) is 12.5 Å². The van der Waals surface area contributed by atoms with E-state index in [1.54, 1.807) is 0 Å². The molecule has 0 bridgehead atoms. The first kappa shape index (κ1) is 12.0. The van der Waals surface area contributed by atoms with Gasteiger partial charge in [-0.2, -0.15) is 5.48 Å². The molecule has 0 spiro atoms. The van der Waals surface area contributed by atoms with Crippen molar-refractivity contribution in [2.24, 2.45) is 11.8 Å². The first-order chi connectivity index (χ1) is 6.74. The Morgan fingerprint density at radius 1 is 1.29 bits per heavy atom. The maximum atomic E-state index is 5.52. The Labute approximate surface area is 88.4 Å². The van der Waals surface area contributed by atoms with Crippen molar-refractivity contribution in [3.8, 4) is 0 Å². The van der Waals surface area contributed by atoms with Crippen LogP contribution in [0.5, 0.6) is 0 Å². The minimum Gasteiger partial charge on any atom is -0.301 e. The van der Waals surface area contributed by atoms with Crippen LogP contribution in [0.3, 0.4) is 0 Å². The normalized spacial score (nSPS) is 28.3. The fraction of sp³-hybridized carbons (Fsp3) is 1.00. The summed E-state index contributed by atoms with van der Waals surface area (Å²) in [7, 11) is 0. The lowest BCUT2D eigenvalue weighted by molar-refractivity contribution is -0.0218. The molecule has 0 aromatic rings. The third-order valence-electron chi connectivity index (χ3n) is 3.08. The number of hydroxylamine groups is 1. The average molecular weight is 199 g/mol. The molecule has 0 aromatic heterocycles. The number of nitrogens with one attached hydrogen (secondary N) is 1. The van der Waals surface area contributed by atoms with Crippen molar-refractivity contribution < 1.29 is 4.84 Å². The molecule has 0 aliphatic heterocycles. The summed E-state index contributed by atoms with van der Waals surface area (Å²) in [6.45, 7) is 7.47. The first-order valence-electron chi connectivity index (χ1n) is 6.11. The fourth-order valence-corrected chi connectivity index (χ4v) is 2.17. The zero-order chi connectivity index (χ0) is 10.4. The maximum absolute atomic E-state index is 5.52. The lowest BCUT2D eigenvalue weighted by Crippen LogP contribution is -2.38. The van der Waals surface area contributed by atoms with Gasteiger partial charge in [0.15, 0.2) is 0 Å². The molecule has 1 aliphatic rings. The van der Waals surface area contributed by atoms with Crippen molar-refractivity contribution in [3.63, 3.8) is 0 Å². The van der Waals surface area contributed by atoms with Gasteiger partial charge in [0.05, 0.1) is 6.61 Å². The summed E-state index contributed by atoms with van der Waals surface area (Å²) < 4.78 is 0. The van der Waals surface area contributed by atoms with Crippen LogP contribution in [0.15, 0.2) is 0 Å². The highest BCUT2D eigenvalue weighted by Gasteiger charge is 2.23. The molecular weight excluding hydrogens is 174 g/mol. The average Bonchev–Trinajstić information content (AvgIpc) is 2.18. The summed E-state index contributed by atoms with van der Waals surface area (Å²) in [5.41, 5.74) is 3.25. The second kappa shape index (κ2) is 6.41. The first-order valence-corrected chi connectivity index (χ1v) is 6.11. The molecule has 0 aromatic carbocycles. The van der Waals surface area contributed by atoms with E-state index in [1.165, 1.54) is 32.1 Å². The Bertz CT molecular complexity index is 147. The van der Waals surface area contributed by atoms with Crippen molar-refractivity contribution in [1.82, 2.24) is 5.48 Å². The van der Waals surface area contributed by atoms with Gasteiger partial charge in [0.1, 0.15) is 0 Å². The van der Waals surface area contributed by atoms with Crippen molar-refractivity contribution in [2.75, 3.05) is 6.61 Å². The van der Waals surface area contributed by atoms with Crippen LogP contribution in [0.25, 0.3) is 0 Å². The van der Waals surface area contributed by atoms with Crippen LogP contribution in [-0.2, 0) is 4.84 Å². The Morgan fingerprint density at radius 3 is 2.64 bits per heavy atom. The van der Waals surface area contributed by atoms with Crippen LogP contribution < -0.4 is 5.48 Å². The molecule has 1 rings (SSSR count). The molecule has 14 heavy (non-hydrogen) atoms. The zero-order valence-electron chi connectivity index (χ0n) is 9.88. The number of hydrogen-bond donors (Lipinski definition) is 1. The lowest BCUT2D eigenvalue weighted by Gasteiger charge is -2.31. The van der Waals surface area contributed by atoms with Gasteiger partial charge in [-0.25, -0.2) is 0 Å².